The van der Waals surface area contributed by atoms with Crippen molar-refractivity contribution in [3.8, 4) is 11.5 Å². The number of amides is 1. The van der Waals surface area contributed by atoms with Crippen molar-refractivity contribution in [3.05, 3.63) is 35.4 Å². The number of hydrogen-bond donors (Lipinski definition) is 0. The number of ketones is 1. The number of rotatable bonds is 8. The highest BCUT2D eigenvalue weighted by Gasteiger charge is 2.30. The number of methoxy groups -OCH3 is 1. The molecule has 0 aliphatic carbocycles. The van der Waals surface area contributed by atoms with E-state index in [-0.39, 0.29) is 11.7 Å². The first kappa shape index (κ1) is 25.2. The van der Waals surface area contributed by atoms with E-state index in [1.165, 1.54) is 12.2 Å². The molecule has 1 aromatic carbocycles. The number of ether oxygens (including phenoxy) is 2. The van der Waals surface area contributed by atoms with Crippen LogP contribution in [-0.4, -0.2) is 92.0 Å². The largest absolute Gasteiger partial charge is 0.496 e. The van der Waals surface area contributed by atoms with E-state index in [2.05, 4.69) is 23.8 Å². The zero-order valence-electron chi connectivity index (χ0n) is 20.8. The summed E-state index contributed by atoms with van der Waals surface area (Å²) in [6, 6.07) is 4.62. The minimum absolute atomic E-state index is 0.103. The molecule has 2 heterocycles. The molecule has 33 heavy (non-hydrogen) atoms. The van der Waals surface area contributed by atoms with E-state index in [0.717, 1.165) is 56.9 Å². The summed E-state index contributed by atoms with van der Waals surface area (Å²) in [5, 5.41) is 0. The van der Waals surface area contributed by atoms with Crippen LogP contribution < -0.4 is 9.47 Å². The van der Waals surface area contributed by atoms with Crippen molar-refractivity contribution < 1.29 is 19.1 Å². The van der Waals surface area contributed by atoms with Crippen molar-refractivity contribution >= 4 is 11.7 Å². The van der Waals surface area contributed by atoms with Crippen LogP contribution in [0.5, 0.6) is 11.5 Å². The van der Waals surface area contributed by atoms with E-state index < -0.39 is 0 Å². The molecule has 0 aromatic heterocycles. The molecular weight excluding hydrogens is 418 g/mol. The van der Waals surface area contributed by atoms with Gasteiger partial charge in [0.2, 0.25) is 5.91 Å². The van der Waals surface area contributed by atoms with E-state index in [9.17, 15) is 9.59 Å². The second-order valence-corrected chi connectivity index (χ2v) is 8.99. The Hall–Kier alpha value is -2.38. The normalized spacial score (nSPS) is 20.9. The maximum Gasteiger partial charge on any atom is 0.246 e. The van der Waals surface area contributed by atoms with Gasteiger partial charge in [-0.05, 0) is 58.4 Å². The van der Waals surface area contributed by atoms with Crippen LogP contribution in [0.1, 0.15) is 49.5 Å². The zero-order chi connectivity index (χ0) is 24.0. The minimum Gasteiger partial charge on any atom is -0.496 e. The zero-order valence-corrected chi connectivity index (χ0v) is 20.8. The number of allylic oxidation sites excluding steroid dienone is 1. The van der Waals surface area contributed by atoms with Crippen LogP contribution in [0.2, 0.25) is 0 Å². The second-order valence-electron chi connectivity index (χ2n) is 8.99. The Morgan fingerprint density at radius 2 is 1.82 bits per heavy atom. The number of benzene rings is 1. The van der Waals surface area contributed by atoms with Crippen LogP contribution in [0.4, 0.5) is 0 Å². The van der Waals surface area contributed by atoms with E-state index >= 15 is 0 Å². The predicted octanol–water partition coefficient (Wildman–Crippen LogP) is 3.02. The second kappa shape index (κ2) is 11.7. The molecule has 1 unspecified atom stereocenters. The van der Waals surface area contributed by atoms with E-state index in [0.29, 0.717) is 36.4 Å². The SMILES string of the molecule is CCOc1ccc(C(=O)C=CC(=O)N2CCC(N3CCN(C)C(C)C3)CC2)c(OC)c1CC. The molecule has 1 aromatic rings. The Kier molecular flexibility index (Phi) is 8.92. The highest BCUT2D eigenvalue weighted by Crippen LogP contribution is 2.33. The summed E-state index contributed by atoms with van der Waals surface area (Å²) < 4.78 is 11.2. The quantitative estimate of drug-likeness (QED) is 0.442. The first-order valence-electron chi connectivity index (χ1n) is 12.2. The molecule has 2 aliphatic heterocycles. The molecular formula is C26H39N3O4. The summed E-state index contributed by atoms with van der Waals surface area (Å²) in [6.45, 7) is 11.5. The first-order chi connectivity index (χ1) is 15.9. The molecule has 2 fully saturated rings. The molecule has 1 atom stereocenters. The van der Waals surface area contributed by atoms with Crippen LogP contribution in [0.25, 0.3) is 0 Å². The number of carbonyl (C=O) groups excluding carboxylic acids is 2. The first-order valence-corrected chi connectivity index (χ1v) is 12.2. The average molecular weight is 458 g/mol. The lowest BCUT2D eigenvalue weighted by Gasteiger charge is -2.44. The van der Waals surface area contributed by atoms with Gasteiger partial charge in [-0.2, -0.15) is 0 Å². The van der Waals surface area contributed by atoms with Crippen molar-refractivity contribution in [2.24, 2.45) is 0 Å². The average Bonchev–Trinajstić information content (AvgIpc) is 2.83. The fourth-order valence-electron chi connectivity index (χ4n) is 4.86. The van der Waals surface area contributed by atoms with Crippen molar-refractivity contribution in [1.29, 1.82) is 0 Å². The molecule has 1 amide bonds. The van der Waals surface area contributed by atoms with Gasteiger partial charge in [0.05, 0.1) is 19.3 Å². The third-order valence-corrected chi connectivity index (χ3v) is 7.00. The van der Waals surface area contributed by atoms with Crippen molar-refractivity contribution in [1.82, 2.24) is 14.7 Å². The van der Waals surface area contributed by atoms with Gasteiger partial charge in [0, 0.05) is 56.4 Å². The molecule has 0 bridgehead atoms. The third kappa shape index (κ3) is 5.95. The number of nitrogens with zero attached hydrogens (tertiary/aromatic N) is 3. The summed E-state index contributed by atoms with van der Waals surface area (Å²) in [7, 11) is 3.74. The molecule has 3 rings (SSSR count). The molecule has 7 nitrogen and oxygen atoms in total. The Morgan fingerprint density at radius 1 is 1.09 bits per heavy atom. The van der Waals surface area contributed by atoms with Gasteiger partial charge in [-0.1, -0.05) is 6.92 Å². The Balaban J connectivity index is 1.59. The molecule has 0 saturated carbocycles. The standard InChI is InChI=1S/C26H39N3O4/c1-6-21-24(33-7-2)10-8-22(26(21)32-5)23(30)9-11-25(31)28-14-12-20(13-15-28)29-17-16-27(4)19(3)18-29/h8-11,19-20H,6-7,12-18H2,1-5H3. The van der Waals surface area contributed by atoms with Crippen molar-refractivity contribution in [2.45, 2.75) is 52.1 Å². The fraction of sp³-hybridized carbons (Fsp3) is 0.615. The lowest BCUT2D eigenvalue weighted by Crippen LogP contribution is -2.55. The number of likely N-dealkylation sites (tertiary alicyclic amines) is 1. The fourth-order valence-corrected chi connectivity index (χ4v) is 4.86. The van der Waals surface area contributed by atoms with Crippen LogP contribution in [0.3, 0.4) is 0 Å². The summed E-state index contributed by atoms with van der Waals surface area (Å²) in [4.78, 5) is 32.5. The monoisotopic (exact) mass is 457 g/mol. The van der Waals surface area contributed by atoms with Gasteiger partial charge in [-0.15, -0.1) is 0 Å². The van der Waals surface area contributed by atoms with Gasteiger partial charge in [0.1, 0.15) is 11.5 Å². The Labute approximate surface area is 198 Å². The van der Waals surface area contributed by atoms with Gasteiger partial charge in [0.25, 0.3) is 0 Å². The maximum atomic E-state index is 12.9. The lowest BCUT2D eigenvalue weighted by molar-refractivity contribution is -0.127. The number of piperazine rings is 1. The van der Waals surface area contributed by atoms with Crippen LogP contribution in [0, 0.1) is 0 Å². The maximum absolute atomic E-state index is 12.9. The Morgan fingerprint density at radius 3 is 2.42 bits per heavy atom. The third-order valence-electron chi connectivity index (χ3n) is 7.00. The lowest BCUT2D eigenvalue weighted by atomic mass is 10.0. The summed E-state index contributed by atoms with van der Waals surface area (Å²) in [6.07, 6.45) is 5.42. The van der Waals surface area contributed by atoms with E-state index in [1.807, 2.05) is 18.7 Å². The van der Waals surface area contributed by atoms with Gasteiger partial charge >= 0.3 is 0 Å². The minimum atomic E-state index is -0.237. The predicted molar refractivity (Wildman–Crippen MR) is 130 cm³/mol. The topological polar surface area (TPSA) is 62.3 Å². The highest BCUT2D eigenvalue weighted by molar-refractivity contribution is 6.09. The van der Waals surface area contributed by atoms with Crippen LogP contribution >= 0.6 is 0 Å². The molecule has 0 radical (unpaired) electrons. The summed E-state index contributed by atoms with van der Waals surface area (Å²) in [5.41, 5.74) is 1.31. The van der Waals surface area contributed by atoms with Crippen LogP contribution in [0.15, 0.2) is 24.3 Å². The number of hydrogen-bond acceptors (Lipinski definition) is 6. The summed E-state index contributed by atoms with van der Waals surface area (Å²) in [5.74, 6) is 0.910. The smallest absolute Gasteiger partial charge is 0.246 e. The number of likely N-dealkylation sites (N-methyl/N-ethyl adjacent to an activating group) is 1. The number of piperidine rings is 1. The molecule has 0 N–H and O–H groups in total. The Bertz CT molecular complexity index is 861. The molecule has 182 valence electrons. The van der Waals surface area contributed by atoms with E-state index in [1.54, 1.807) is 19.2 Å². The molecule has 2 saturated heterocycles. The van der Waals surface area contributed by atoms with Crippen molar-refractivity contribution in [3.63, 3.8) is 0 Å². The molecule has 0 spiro atoms. The van der Waals surface area contributed by atoms with Gasteiger partial charge in [-0.3, -0.25) is 14.5 Å². The number of carbonyl (C=O) groups is 2. The van der Waals surface area contributed by atoms with Crippen molar-refractivity contribution in [2.75, 3.05) is 53.5 Å². The molecule has 2 aliphatic rings. The summed E-state index contributed by atoms with van der Waals surface area (Å²) >= 11 is 0. The van der Waals surface area contributed by atoms with Crippen LogP contribution in [-0.2, 0) is 11.2 Å². The molecule has 7 heteroatoms. The highest BCUT2D eigenvalue weighted by atomic mass is 16.5. The van der Waals surface area contributed by atoms with Gasteiger partial charge < -0.3 is 19.3 Å². The van der Waals surface area contributed by atoms with Gasteiger partial charge in [0.15, 0.2) is 5.78 Å². The van der Waals surface area contributed by atoms with E-state index in [4.69, 9.17) is 9.47 Å². The van der Waals surface area contributed by atoms with Gasteiger partial charge in [-0.25, -0.2) is 0 Å².